The van der Waals surface area contributed by atoms with Crippen LogP contribution >= 0.6 is 32.9 Å². The predicted octanol–water partition coefficient (Wildman–Crippen LogP) is 5.13. The third-order valence-corrected chi connectivity index (χ3v) is 6.00. The summed E-state index contributed by atoms with van der Waals surface area (Å²) in [6.45, 7) is 4.29. The molecule has 1 aromatic heterocycles. The van der Waals surface area contributed by atoms with Crippen molar-refractivity contribution in [2.45, 2.75) is 31.0 Å². The van der Waals surface area contributed by atoms with Crippen LogP contribution in [0.5, 0.6) is 0 Å². The lowest BCUT2D eigenvalue weighted by Gasteiger charge is -2.01. The number of unbranched alkanes of at least 4 members (excludes halogenated alkanes) is 1. The van der Waals surface area contributed by atoms with Gasteiger partial charge in [-0.2, -0.15) is 0 Å². The number of rotatable bonds is 7. The fraction of sp³-hybridized carbons (Fsp3) is 0.385. The molecule has 0 saturated heterocycles. The monoisotopic (exact) mass is 311 g/mol. The van der Waals surface area contributed by atoms with E-state index in [1.807, 2.05) is 10.8 Å². The first-order valence-corrected chi connectivity index (χ1v) is 9.38. The molecule has 0 saturated carbocycles. The van der Waals surface area contributed by atoms with E-state index in [1.165, 1.54) is 24.2 Å². The summed E-state index contributed by atoms with van der Waals surface area (Å²) in [5, 5.41) is 12.5. The van der Waals surface area contributed by atoms with Crippen LogP contribution in [0.2, 0.25) is 0 Å². The average Bonchev–Trinajstić information content (AvgIpc) is 2.85. The number of hydrogen-bond acceptors (Lipinski definition) is 6. The van der Waals surface area contributed by atoms with Crippen LogP contribution in [0, 0.1) is 6.92 Å². The Kier molecular flexibility index (Phi) is 6.00. The van der Waals surface area contributed by atoms with Crippen LogP contribution in [0.3, 0.4) is 0 Å². The molecule has 1 aromatic carbocycles. The number of nitrogens with one attached hydrogen (secondary N) is 1. The molecule has 2 rings (SSSR count). The molecule has 0 radical (unpaired) electrons. The molecule has 0 aliphatic heterocycles. The van der Waals surface area contributed by atoms with Crippen molar-refractivity contribution in [2.75, 3.05) is 11.1 Å². The molecule has 0 spiro atoms. The van der Waals surface area contributed by atoms with Gasteiger partial charge >= 0.3 is 0 Å². The zero-order chi connectivity index (χ0) is 13.5. The fourth-order valence-corrected chi connectivity index (χ4v) is 4.63. The first-order valence-electron chi connectivity index (χ1n) is 6.24. The van der Waals surface area contributed by atoms with E-state index in [0.29, 0.717) is 0 Å². The predicted molar refractivity (Wildman–Crippen MR) is 87.6 cm³/mol. The summed E-state index contributed by atoms with van der Waals surface area (Å²) in [6.07, 6.45) is 2.49. The van der Waals surface area contributed by atoms with Gasteiger partial charge < -0.3 is 5.32 Å². The lowest BCUT2D eigenvalue weighted by atomic mass is 10.2. The topological polar surface area (TPSA) is 37.8 Å². The molecule has 1 N–H and O–H groups in total. The molecule has 0 amide bonds. The Morgan fingerprint density at radius 2 is 2.00 bits per heavy atom. The second kappa shape index (κ2) is 7.77. The maximum absolute atomic E-state index is 4.18. The van der Waals surface area contributed by atoms with Gasteiger partial charge in [0.1, 0.15) is 0 Å². The highest BCUT2D eigenvalue weighted by Crippen LogP contribution is 2.35. The van der Waals surface area contributed by atoms with E-state index in [2.05, 4.69) is 53.6 Å². The maximum Gasteiger partial charge on any atom is 0.210 e. The van der Waals surface area contributed by atoms with Gasteiger partial charge in [-0.05, 0) is 36.3 Å². The molecule has 0 bridgehead atoms. The number of nitrogens with zero attached hydrogens (tertiary/aromatic N) is 2. The number of anilines is 2. The minimum Gasteiger partial charge on any atom is -0.330 e. The van der Waals surface area contributed by atoms with E-state index in [4.69, 9.17) is 0 Å². The van der Waals surface area contributed by atoms with Crippen LogP contribution in [0.15, 0.2) is 28.6 Å². The molecule has 0 atom stereocenters. The van der Waals surface area contributed by atoms with E-state index in [9.17, 15) is 0 Å². The Morgan fingerprint density at radius 3 is 2.74 bits per heavy atom. The van der Waals surface area contributed by atoms with Crippen LogP contribution in [0.4, 0.5) is 10.8 Å². The van der Waals surface area contributed by atoms with Crippen molar-refractivity contribution in [3.05, 3.63) is 29.8 Å². The van der Waals surface area contributed by atoms with Gasteiger partial charge in [0, 0.05) is 11.4 Å². The molecule has 0 aliphatic carbocycles. The maximum atomic E-state index is 4.18. The Bertz CT molecular complexity index is 496. The second-order valence-corrected chi connectivity index (χ2v) is 7.76. The van der Waals surface area contributed by atoms with E-state index in [-0.39, 0.29) is 0 Å². The SMILES string of the molecule is CCCCSSc1nnc(Nc2ccc(C)cc2)s1. The van der Waals surface area contributed by atoms with Gasteiger partial charge in [0.15, 0.2) is 4.34 Å². The normalized spacial score (nSPS) is 10.6. The van der Waals surface area contributed by atoms with Crippen molar-refractivity contribution in [1.29, 1.82) is 0 Å². The highest BCUT2D eigenvalue weighted by molar-refractivity contribution is 8.77. The summed E-state index contributed by atoms with van der Waals surface area (Å²) in [6, 6.07) is 8.28. The molecule has 1 heterocycles. The lowest BCUT2D eigenvalue weighted by Crippen LogP contribution is -1.88. The number of benzene rings is 1. The van der Waals surface area contributed by atoms with Crippen molar-refractivity contribution >= 4 is 43.7 Å². The minimum atomic E-state index is 0.849. The molecule has 3 nitrogen and oxygen atoms in total. The summed E-state index contributed by atoms with van der Waals surface area (Å²) >= 11 is 1.60. The second-order valence-electron chi connectivity index (χ2n) is 4.12. The molecule has 19 heavy (non-hydrogen) atoms. The Morgan fingerprint density at radius 1 is 1.21 bits per heavy atom. The van der Waals surface area contributed by atoms with E-state index >= 15 is 0 Å². The Hall–Kier alpha value is -0.720. The summed E-state index contributed by atoms with van der Waals surface area (Å²) in [5.74, 6) is 1.17. The molecule has 102 valence electrons. The van der Waals surface area contributed by atoms with Gasteiger partial charge in [0.25, 0.3) is 0 Å². The zero-order valence-corrected chi connectivity index (χ0v) is 13.5. The minimum absolute atomic E-state index is 0.849. The van der Waals surface area contributed by atoms with Crippen LogP contribution in [-0.2, 0) is 0 Å². The van der Waals surface area contributed by atoms with Crippen molar-refractivity contribution < 1.29 is 0 Å². The van der Waals surface area contributed by atoms with E-state index < -0.39 is 0 Å². The third-order valence-electron chi connectivity index (χ3n) is 2.42. The Balaban J connectivity index is 1.85. The first kappa shape index (κ1) is 14.7. The van der Waals surface area contributed by atoms with Gasteiger partial charge in [0.2, 0.25) is 5.13 Å². The Labute approximate surface area is 126 Å². The quantitative estimate of drug-likeness (QED) is 0.567. The number of aromatic nitrogens is 2. The zero-order valence-electron chi connectivity index (χ0n) is 11.0. The lowest BCUT2D eigenvalue weighted by molar-refractivity contribution is 0.898. The van der Waals surface area contributed by atoms with Crippen molar-refractivity contribution in [1.82, 2.24) is 10.2 Å². The highest BCUT2D eigenvalue weighted by Gasteiger charge is 2.05. The third kappa shape index (κ3) is 5.04. The van der Waals surface area contributed by atoms with E-state index in [1.54, 1.807) is 22.1 Å². The summed E-state index contributed by atoms with van der Waals surface area (Å²) in [7, 11) is 3.57. The van der Waals surface area contributed by atoms with Crippen molar-refractivity contribution in [3.63, 3.8) is 0 Å². The highest BCUT2D eigenvalue weighted by atomic mass is 33.1. The van der Waals surface area contributed by atoms with Gasteiger partial charge in [-0.15, -0.1) is 10.2 Å². The molecule has 6 heteroatoms. The summed E-state index contributed by atoms with van der Waals surface area (Å²) in [5.41, 5.74) is 2.31. The van der Waals surface area contributed by atoms with Crippen LogP contribution < -0.4 is 5.32 Å². The molecule has 2 aromatic rings. The van der Waals surface area contributed by atoms with Gasteiger partial charge in [-0.1, -0.05) is 53.2 Å². The fourth-order valence-electron chi connectivity index (χ4n) is 1.35. The summed E-state index contributed by atoms with van der Waals surface area (Å²) < 4.78 is 1.01. The van der Waals surface area contributed by atoms with Gasteiger partial charge in [-0.3, -0.25) is 0 Å². The molecule has 0 fully saturated rings. The standard InChI is InChI=1S/C13H17N3S3/c1-3-4-9-17-19-13-16-15-12(18-13)14-11-7-5-10(2)6-8-11/h5-8H,3-4,9H2,1-2H3,(H,14,15). The average molecular weight is 312 g/mol. The molecule has 0 unspecified atom stereocenters. The van der Waals surface area contributed by atoms with Gasteiger partial charge in [-0.25, -0.2) is 0 Å². The van der Waals surface area contributed by atoms with Crippen molar-refractivity contribution in [2.24, 2.45) is 0 Å². The first-order chi connectivity index (χ1) is 9.28. The van der Waals surface area contributed by atoms with Gasteiger partial charge in [0.05, 0.1) is 0 Å². The van der Waals surface area contributed by atoms with Crippen LogP contribution in [-0.4, -0.2) is 16.0 Å². The summed E-state index contributed by atoms with van der Waals surface area (Å²) in [4.78, 5) is 0. The largest absolute Gasteiger partial charge is 0.330 e. The van der Waals surface area contributed by atoms with E-state index in [0.717, 1.165) is 15.2 Å². The smallest absolute Gasteiger partial charge is 0.210 e. The molecular weight excluding hydrogens is 294 g/mol. The van der Waals surface area contributed by atoms with Crippen LogP contribution in [0.25, 0.3) is 0 Å². The molecule has 0 aliphatic rings. The molecular formula is C13H17N3S3. The number of hydrogen-bond donors (Lipinski definition) is 1. The van der Waals surface area contributed by atoms with Crippen LogP contribution in [0.1, 0.15) is 25.3 Å². The number of aryl methyl sites for hydroxylation is 1. The van der Waals surface area contributed by atoms with Crippen molar-refractivity contribution in [3.8, 4) is 0 Å².